The molecule has 0 radical (unpaired) electrons. The highest BCUT2D eigenvalue weighted by Gasteiger charge is 2.07. The smallest absolute Gasteiger partial charge is 0.255 e. The van der Waals surface area contributed by atoms with E-state index >= 15 is 0 Å². The maximum atomic E-state index is 12.6. The van der Waals surface area contributed by atoms with Crippen LogP contribution in [0, 0.1) is 12.9 Å². The van der Waals surface area contributed by atoms with Gasteiger partial charge in [0.25, 0.3) is 5.91 Å². The van der Waals surface area contributed by atoms with Crippen molar-refractivity contribution in [2.75, 3.05) is 5.32 Å². The molecule has 0 aliphatic carbocycles. The molecule has 0 spiro atoms. The summed E-state index contributed by atoms with van der Waals surface area (Å²) in [6.07, 6.45) is 1.26. The zero-order valence-corrected chi connectivity index (χ0v) is 10.3. The summed E-state index contributed by atoms with van der Waals surface area (Å²) >= 11 is 5.88. The van der Waals surface area contributed by atoms with Crippen LogP contribution in [0.15, 0.2) is 36.5 Å². The van der Waals surface area contributed by atoms with E-state index in [2.05, 4.69) is 10.3 Å². The largest absolute Gasteiger partial charge is 0.321 e. The van der Waals surface area contributed by atoms with Crippen LogP contribution in [0.2, 0.25) is 5.02 Å². The fourth-order valence-corrected chi connectivity index (χ4v) is 1.56. The molecule has 0 saturated heterocycles. The Bertz CT molecular complexity index is 584. The van der Waals surface area contributed by atoms with Gasteiger partial charge in [-0.25, -0.2) is 4.98 Å². The van der Waals surface area contributed by atoms with Crippen molar-refractivity contribution in [1.82, 2.24) is 4.98 Å². The Kier molecular flexibility index (Phi) is 3.58. The van der Waals surface area contributed by atoms with Gasteiger partial charge in [0.1, 0.15) is 0 Å². The van der Waals surface area contributed by atoms with Crippen molar-refractivity contribution in [2.45, 2.75) is 6.92 Å². The molecule has 1 heterocycles. The van der Waals surface area contributed by atoms with Crippen molar-refractivity contribution < 1.29 is 9.18 Å². The maximum Gasteiger partial charge on any atom is 0.255 e. The number of hydrogen-bond acceptors (Lipinski definition) is 2. The number of pyridine rings is 1. The molecule has 18 heavy (non-hydrogen) atoms. The molecule has 1 aromatic heterocycles. The first-order valence-corrected chi connectivity index (χ1v) is 5.63. The van der Waals surface area contributed by atoms with Gasteiger partial charge in [-0.15, -0.1) is 0 Å². The first-order chi connectivity index (χ1) is 8.56. The molecule has 92 valence electrons. The van der Waals surface area contributed by atoms with E-state index in [0.29, 0.717) is 16.3 Å². The molecule has 0 aliphatic heterocycles. The van der Waals surface area contributed by atoms with Gasteiger partial charge in [-0.3, -0.25) is 4.79 Å². The molecule has 1 N–H and O–H groups in total. The molecule has 0 saturated carbocycles. The first-order valence-electron chi connectivity index (χ1n) is 5.25. The number of carbonyl (C=O) groups excluding carboxylic acids is 1. The monoisotopic (exact) mass is 264 g/mol. The van der Waals surface area contributed by atoms with Gasteiger partial charge < -0.3 is 5.32 Å². The van der Waals surface area contributed by atoms with Crippen LogP contribution >= 0.6 is 11.6 Å². The number of nitrogens with zero attached hydrogens (tertiary/aromatic N) is 1. The van der Waals surface area contributed by atoms with Crippen molar-refractivity contribution >= 4 is 23.2 Å². The minimum atomic E-state index is -0.588. The van der Waals surface area contributed by atoms with Crippen molar-refractivity contribution in [2.24, 2.45) is 0 Å². The van der Waals surface area contributed by atoms with Gasteiger partial charge in [0.15, 0.2) is 0 Å². The van der Waals surface area contributed by atoms with Gasteiger partial charge in [0, 0.05) is 10.6 Å². The number of rotatable bonds is 2. The number of hydrogen-bond donors (Lipinski definition) is 1. The second-order valence-corrected chi connectivity index (χ2v) is 4.19. The standard InChI is InChI=1S/C13H10ClFN2O/c1-8-6-9(2-4-11(8)14)13(18)17-10-3-5-12(15)16-7-10/h2-7H,1H3,(H,17,18). The minimum Gasteiger partial charge on any atom is -0.321 e. The average molecular weight is 265 g/mol. The van der Waals surface area contributed by atoms with E-state index in [1.807, 2.05) is 6.92 Å². The molecular formula is C13H10ClFN2O. The molecular weight excluding hydrogens is 255 g/mol. The number of nitrogens with one attached hydrogen (secondary N) is 1. The van der Waals surface area contributed by atoms with E-state index in [4.69, 9.17) is 11.6 Å². The summed E-state index contributed by atoms with van der Waals surface area (Å²) in [5.41, 5.74) is 1.75. The van der Waals surface area contributed by atoms with Crippen LogP contribution < -0.4 is 5.32 Å². The van der Waals surface area contributed by atoms with Crippen LogP contribution in [0.1, 0.15) is 15.9 Å². The van der Waals surface area contributed by atoms with Crippen LogP contribution in [-0.4, -0.2) is 10.9 Å². The average Bonchev–Trinajstić information content (AvgIpc) is 2.35. The van der Waals surface area contributed by atoms with E-state index in [-0.39, 0.29) is 5.91 Å². The first kappa shape index (κ1) is 12.5. The highest BCUT2D eigenvalue weighted by molar-refractivity contribution is 6.31. The predicted molar refractivity (Wildman–Crippen MR) is 68.3 cm³/mol. The van der Waals surface area contributed by atoms with Gasteiger partial charge in [-0.05, 0) is 42.8 Å². The van der Waals surface area contributed by atoms with E-state index < -0.39 is 5.95 Å². The topological polar surface area (TPSA) is 42.0 Å². The number of benzene rings is 1. The molecule has 0 unspecified atom stereocenters. The SMILES string of the molecule is Cc1cc(C(=O)Nc2ccc(F)nc2)ccc1Cl. The van der Waals surface area contributed by atoms with Gasteiger partial charge in [0.2, 0.25) is 5.95 Å². The lowest BCUT2D eigenvalue weighted by Gasteiger charge is -2.06. The lowest BCUT2D eigenvalue weighted by molar-refractivity contribution is 0.102. The number of carbonyl (C=O) groups is 1. The highest BCUT2D eigenvalue weighted by atomic mass is 35.5. The molecule has 0 atom stereocenters. The van der Waals surface area contributed by atoms with Crippen molar-refractivity contribution in [1.29, 1.82) is 0 Å². The second-order valence-electron chi connectivity index (χ2n) is 3.79. The third kappa shape index (κ3) is 2.84. The predicted octanol–water partition coefficient (Wildman–Crippen LogP) is 3.43. The number of aromatic nitrogens is 1. The molecule has 0 bridgehead atoms. The van der Waals surface area contributed by atoms with Crippen molar-refractivity contribution in [3.63, 3.8) is 0 Å². The van der Waals surface area contributed by atoms with Crippen molar-refractivity contribution in [3.8, 4) is 0 Å². The third-order valence-electron chi connectivity index (χ3n) is 2.41. The molecule has 1 aromatic carbocycles. The second kappa shape index (κ2) is 5.14. The lowest BCUT2D eigenvalue weighted by Crippen LogP contribution is -2.12. The molecule has 3 nitrogen and oxygen atoms in total. The quantitative estimate of drug-likeness (QED) is 0.845. The Hall–Kier alpha value is -1.94. The van der Waals surface area contributed by atoms with Crippen LogP contribution in [0.5, 0.6) is 0 Å². The Morgan fingerprint density at radius 3 is 2.72 bits per heavy atom. The Balaban J connectivity index is 2.16. The van der Waals surface area contributed by atoms with E-state index in [1.165, 1.54) is 18.3 Å². The minimum absolute atomic E-state index is 0.289. The normalized spacial score (nSPS) is 10.2. The van der Waals surface area contributed by atoms with Crippen LogP contribution in [0.4, 0.5) is 10.1 Å². The van der Waals surface area contributed by atoms with Crippen LogP contribution in [-0.2, 0) is 0 Å². The summed E-state index contributed by atoms with van der Waals surface area (Å²) in [4.78, 5) is 15.3. The zero-order valence-electron chi connectivity index (χ0n) is 9.58. The number of amides is 1. The number of anilines is 1. The Morgan fingerprint density at radius 1 is 1.33 bits per heavy atom. The van der Waals surface area contributed by atoms with E-state index in [9.17, 15) is 9.18 Å². The van der Waals surface area contributed by atoms with Crippen molar-refractivity contribution in [3.05, 3.63) is 58.6 Å². The van der Waals surface area contributed by atoms with E-state index in [0.717, 1.165) is 5.56 Å². The summed E-state index contributed by atoms with van der Waals surface area (Å²) in [5, 5.41) is 3.23. The number of halogens is 2. The molecule has 1 amide bonds. The molecule has 2 rings (SSSR count). The molecule has 0 aliphatic rings. The summed E-state index contributed by atoms with van der Waals surface area (Å²) in [7, 11) is 0. The highest BCUT2D eigenvalue weighted by Crippen LogP contribution is 2.17. The van der Waals surface area contributed by atoms with Crippen LogP contribution in [0.25, 0.3) is 0 Å². The maximum absolute atomic E-state index is 12.6. The van der Waals surface area contributed by atoms with Gasteiger partial charge in [0.05, 0.1) is 11.9 Å². The third-order valence-corrected chi connectivity index (χ3v) is 2.83. The Labute approximate surface area is 109 Å². The zero-order chi connectivity index (χ0) is 13.1. The van der Waals surface area contributed by atoms with Crippen LogP contribution in [0.3, 0.4) is 0 Å². The molecule has 5 heteroatoms. The molecule has 0 fully saturated rings. The summed E-state index contributed by atoms with van der Waals surface area (Å²) in [6, 6.07) is 7.61. The van der Waals surface area contributed by atoms with Gasteiger partial charge in [-0.1, -0.05) is 11.6 Å². The molecule has 2 aromatic rings. The summed E-state index contributed by atoms with van der Waals surface area (Å²) in [6.45, 7) is 1.82. The Morgan fingerprint density at radius 2 is 2.11 bits per heavy atom. The number of aryl methyl sites for hydroxylation is 1. The lowest BCUT2D eigenvalue weighted by atomic mass is 10.1. The summed E-state index contributed by atoms with van der Waals surface area (Å²) < 4.78 is 12.6. The fourth-order valence-electron chi connectivity index (χ4n) is 1.44. The fraction of sp³-hybridized carbons (Fsp3) is 0.0769. The van der Waals surface area contributed by atoms with E-state index in [1.54, 1.807) is 18.2 Å². The van der Waals surface area contributed by atoms with Gasteiger partial charge >= 0.3 is 0 Å². The summed E-state index contributed by atoms with van der Waals surface area (Å²) in [5.74, 6) is -0.876. The van der Waals surface area contributed by atoms with Gasteiger partial charge in [-0.2, -0.15) is 4.39 Å².